The van der Waals surface area contributed by atoms with Crippen molar-refractivity contribution >= 4 is 5.91 Å². The van der Waals surface area contributed by atoms with Crippen LogP contribution in [0.15, 0.2) is 12.4 Å². The summed E-state index contributed by atoms with van der Waals surface area (Å²) in [6.45, 7) is 7.39. The van der Waals surface area contributed by atoms with Crippen LogP contribution in [-0.2, 0) is 16.1 Å². The highest BCUT2D eigenvalue weighted by Crippen LogP contribution is 2.24. The molecule has 2 aliphatic rings. The predicted octanol–water partition coefficient (Wildman–Crippen LogP) is 0.739. The van der Waals surface area contributed by atoms with Gasteiger partial charge >= 0.3 is 0 Å². The zero-order valence-electron chi connectivity index (χ0n) is 16.4. The summed E-state index contributed by atoms with van der Waals surface area (Å²) in [5, 5.41) is 7.56. The van der Waals surface area contributed by atoms with Gasteiger partial charge in [0.2, 0.25) is 5.91 Å². The number of likely N-dealkylation sites (tertiary alicyclic amines) is 1. The number of ether oxygens (including phenoxy) is 1. The number of amides is 1. The smallest absolute Gasteiger partial charge is 0.222 e. The quantitative estimate of drug-likeness (QED) is 0.774. The fraction of sp³-hybridized carbons (Fsp3) is 0.789. The molecule has 0 aromatic carbocycles. The number of carbonyl (C=O) groups is 1. The molecule has 0 unspecified atom stereocenters. The number of aromatic nitrogens is 2. The van der Waals surface area contributed by atoms with Crippen molar-refractivity contribution in [2.75, 3.05) is 46.9 Å². The van der Waals surface area contributed by atoms with Crippen LogP contribution in [0.5, 0.6) is 0 Å². The number of hydrogen-bond acceptors (Lipinski definition) is 5. The number of hydrogen-bond donors (Lipinski definition) is 1. The number of rotatable bonds is 7. The van der Waals surface area contributed by atoms with E-state index in [0.29, 0.717) is 24.9 Å². The van der Waals surface area contributed by atoms with Crippen molar-refractivity contribution in [3.8, 4) is 0 Å². The molecule has 3 rings (SSSR count). The number of nitrogens with zero attached hydrogens (tertiary/aromatic N) is 4. The van der Waals surface area contributed by atoms with E-state index in [0.717, 1.165) is 51.3 Å². The van der Waals surface area contributed by atoms with Gasteiger partial charge in [-0.2, -0.15) is 5.10 Å². The van der Waals surface area contributed by atoms with Crippen LogP contribution in [0.3, 0.4) is 0 Å². The first-order valence-electron chi connectivity index (χ1n) is 9.76. The SMILES string of the molecule is Cc1cnn(CCC(=O)N[C@@H]2CN(C3CCOCC3)C[C@H]2CN(C)C)c1. The monoisotopic (exact) mass is 363 g/mol. The summed E-state index contributed by atoms with van der Waals surface area (Å²) in [7, 11) is 4.21. The fourth-order valence-electron chi connectivity index (χ4n) is 4.15. The van der Waals surface area contributed by atoms with Gasteiger partial charge < -0.3 is 15.0 Å². The van der Waals surface area contributed by atoms with Crippen LogP contribution in [-0.4, -0.2) is 84.5 Å². The molecule has 1 aromatic rings. The number of carbonyl (C=O) groups excluding carboxylic acids is 1. The molecule has 1 N–H and O–H groups in total. The summed E-state index contributed by atoms with van der Waals surface area (Å²) in [6, 6.07) is 0.828. The molecule has 0 radical (unpaired) electrons. The summed E-state index contributed by atoms with van der Waals surface area (Å²) >= 11 is 0. The van der Waals surface area contributed by atoms with E-state index in [9.17, 15) is 4.79 Å². The Morgan fingerprint density at radius 3 is 2.77 bits per heavy atom. The van der Waals surface area contributed by atoms with Crippen LogP contribution in [0.25, 0.3) is 0 Å². The van der Waals surface area contributed by atoms with E-state index >= 15 is 0 Å². The zero-order valence-corrected chi connectivity index (χ0v) is 16.4. The molecule has 3 heterocycles. The van der Waals surface area contributed by atoms with Crippen molar-refractivity contribution in [1.82, 2.24) is 24.9 Å². The van der Waals surface area contributed by atoms with Gasteiger partial charge in [-0.25, -0.2) is 0 Å². The first-order valence-corrected chi connectivity index (χ1v) is 9.76. The van der Waals surface area contributed by atoms with E-state index in [4.69, 9.17) is 4.74 Å². The molecule has 0 saturated carbocycles. The highest BCUT2D eigenvalue weighted by molar-refractivity contribution is 5.76. The summed E-state index contributed by atoms with van der Waals surface area (Å²) in [4.78, 5) is 17.3. The Morgan fingerprint density at radius 1 is 1.35 bits per heavy atom. The first kappa shape index (κ1) is 19.3. The van der Waals surface area contributed by atoms with Gasteiger partial charge in [-0.3, -0.25) is 14.4 Å². The Bertz CT molecular complexity index is 582. The number of nitrogens with one attached hydrogen (secondary N) is 1. The van der Waals surface area contributed by atoms with Crippen molar-refractivity contribution in [2.24, 2.45) is 5.92 Å². The van der Waals surface area contributed by atoms with Crippen molar-refractivity contribution in [2.45, 2.75) is 44.8 Å². The average Bonchev–Trinajstić information content (AvgIpc) is 3.20. The van der Waals surface area contributed by atoms with Gasteiger partial charge in [0.05, 0.1) is 6.20 Å². The molecule has 1 amide bonds. The molecule has 2 aliphatic heterocycles. The lowest BCUT2D eigenvalue weighted by Crippen LogP contribution is -2.44. The Labute approximate surface area is 156 Å². The molecule has 2 fully saturated rings. The third-order valence-electron chi connectivity index (χ3n) is 5.45. The molecule has 2 saturated heterocycles. The van der Waals surface area contributed by atoms with Crippen LogP contribution >= 0.6 is 0 Å². The second kappa shape index (κ2) is 8.97. The van der Waals surface area contributed by atoms with Crippen LogP contribution in [0.4, 0.5) is 0 Å². The van der Waals surface area contributed by atoms with Gasteiger partial charge in [0.1, 0.15) is 0 Å². The molecular weight excluding hydrogens is 330 g/mol. The second-order valence-corrected chi connectivity index (χ2v) is 8.02. The highest BCUT2D eigenvalue weighted by Gasteiger charge is 2.37. The molecule has 7 heteroatoms. The highest BCUT2D eigenvalue weighted by atomic mass is 16.5. The summed E-state index contributed by atoms with van der Waals surface area (Å²) < 4.78 is 7.35. The van der Waals surface area contributed by atoms with Crippen molar-refractivity contribution in [3.63, 3.8) is 0 Å². The molecule has 7 nitrogen and oxygen atoms in total. The molecule has 0 spiro atoms. The van der Waals surface area contributed by atoms with Gasteiger partial charge in [-0.1, -0.05) is 0 Å². The molecule has 0 aliphatic carbocycles. The Balaban J connectivity index is 1.53. The van der Waals surface area contributed by atoms with E-state index < -0.39 is 0 Å². The van der Waals surface area contributed by atoms with Crippen LogP contribution < -0.4 is 5.32 Å². The van der Waals surface area contributed by atoms with E-state index in [-0.39, 0.29) is 11.9 Å². The molecule has 2 atom stereocenters. The zero-order chi connectivity index (χ0) is 18.5. The maximum Gasteiger partial charge on any atom is 0.222 e. The summed E-state index contributed by atoms with van der Waals surface area (Å²) in [5.74, 6) is 0.601. The summed E-state index contributed by atoms with van der Waals surface area (Å²) in [6.07, 6.45) is 6.49. The minimum atomic E-state index is 0.126. The third-order valence-corrected chi connectivity index (χ3v) is 5.45. The minimum Gasteiger partial charge on any atom is -0.381 e. The average molecular weight is 364 g/mol. The summed E-state index contributed by atoms with van der Waals surface area (Å²) in [5.41, 5.74) is 1.12. The van der Waals surface area contributed by atoms with Gasteiger partial charge in [0.25, 0.3) is 0 Å². The maximum absolute atomic E-state index is 12.5. The van der Waals surface area contributed by atoms with E-state index in [1.807, 2.05) is 24.0 Å². The normalized spacial score (nSPS) is 25.1. The van der Waals surface area contributed by atoms with Crippen molar-refractivity contribution < 1.29 is 9.53 Å². The van der Waals surface area contributed by atoms with E-state index in [1.165, 1.54) is 0 Å². The van der Waals surface area contributed by atoms with Crippen LogP contribution in [0.2, 0.25) is 0 Å². The van der Waals surface area contributed by atoms with Gasteiger partial charge in [-0.05, 0) is 39.4 Å². The molecular formula is C19H33N5O2. The Morgan fingerprint density at radius 2 is 2.12 bits per heavy atom. The van der Waals surface area contributed by atoms with Crippen molar-refractivity contribution in [3.05, 3.63) is 18.0 Å². The standard InChI is InChI=1S/C19H33N5O2/c1-15-10-20-24(11-15)7-4-19(25)21-18-14-23(13-16(18)12-22(2)3)17-5-8-26-9-6-17/h10-11,16-18H,4-9,12-14H2,1-3H3,(H,21,25)/t16-,18-/m1/s1. The predicted molar refractivity (Wildman–Crippen MR) is 101 cm³/mol. The Kier molecular flexibility index (Phi) is 6.67. The van der Waals surface area contributed by atoms with Gasteiger partial charge in [0, 0.05) is 70.0 Å². The second-order valence-electron chi connectivity index (χ2n) is 8.02. The lowest BCUT2D eigenvalue weighted by atomic mass is 10.0. The largest absolute Gasteiger partial charge is 0.381 e. The maximum atomic E-state index is 12.5. The fourth-order valence-corrected chi connectivity index (χ4v) is 4.15. The first-order chi connectivity index (χ1) is 12.5. The minimum absolute atomic E-state index is 0.126. The molecule has 26 heavy (non-hydrogen) atoms. The van der Waals surface area contributed by atoms with E-state index in [1.54, 1.807) is 0 Å². The van der Waals surface area contributed by atoms with Gasteiger partial charge in [-0.15, -0.1) is 0 Å². The molecule has 1 aromatic heterocycles. The van der Waals surface area contributed by atoms with Crippen LogP contribution in [0, 0.1) is 12.8 Å². The topological polar surface area (TPSA) is 62.6 Å². The lowest BCUT2D eigenvalue weighted by Gasteiger charge is -2.31. The van der Waals surface area contributed by atoms with Gasteiger partial charge in [0.15, 0.2) is 0 Å². The third kappa shape index (κ3) is 5.28. The van der Waals surface area contributed by atoms with Crippen LogP contribution in [0.1, 0.15) is 24.8 Å². The Hall–Kier alpha value is -1.44. The van der Waals surface area contributed by atoms with E-state index in [2.05, 4.69) is 34.3 Å². The lowest BCUT2D eigenvalue weighted by molar-refractivity contribution is -0.122. The molecule has 146 valence electrons. The van der Waals surface area contributed by atoms with Crippen molar-refractivity contribution in [1.29, 1.82) is 0 Å². The molecule has 0 bridgehead atoms. The number of aryl methyl sites for hydroxylation is 2.